The van der Waals surface area contributed by atoms with Crippen molar-refractivity contribution >= 4 is 11.6 Å². The largest absolute Gasteiger partial charge is 0.0843 e. The maximum atomic E-state index is 6.10. The van der Waals surface area contributed by atoms with E-state index in [1.807, 2.05) is 6.07 Å². The van der Waals surface area contributed by atoms with Crippen molar-refractivity contribution in [3.63, 3.8) is 0 Å². The predicted octanol–water partition coefficient (Wildman–Crippen LogP) is 6.06. The Labute approximate surface area is 127 Å². The number of rotatable bonds is 3. The van der Waals surface area contributed by atoms with Crippen LogP contribution in [0, 0.1) is 0 Å². The van der Waals surface area contributed by atoms with Crippen LogP contribution in [0.2, 0.25) is 5.02 Å². The molecule has 0 saturated heterocycles. The van der Waals surface area contributed by atoms with Crippen LogP contribution >= 0.6 is 11.6 Å². The Kier molecular flexibility index (Phi) is 5.25. The second kappa shape index (κ2) is 6.95. The van der Waals surface area contributed by atoms with E-state index in [2.05, 4.69) is 51.1 Å². The van der Waals surface area contributed by atoms with Crippen molar-refractivity contribution in [1.29, 1.82) is 0 Å². The molecule has 0 fully saturated rings. The Hall–Kier alpha value is -1.27. The lowest BCUT2D eigenvalue weighted by molar-refractivity contribution is 0.965. The van der Waals surface area contributed by atoms with Crippen LogP contribution in [0.3, 0.4) is 0 Å². The molecule has 0 aromatic heterocycles. The number of allylic oxidation sites excluding steroid dienone is 6. The van der Waals surface area contributed by atoms with Gasteiger partial charge in [-0.25, -0.2) is 0 Å². The molecule has 0 unspecified atom stereocenters. The van der Waals surface area contributed by atoms with Crippen molar-refractivity contribution in [3.8, 4) is 0 Å². The van der Waals surface area contributed by atoms with Gasteiger partial charge in [0.2, 0.25) is 0 Å². The van der Waals surface area contributed by atoms with Gasteiger partial charge in [0, 0.05) is 5.02 Å². The van der Waals surface area contributed by atoms with Gasteiger partial charge in [0.1, 0.15) is 0 Å². The highest BCUT2D eigenvalue weighted by Gasteiger charge is 2.11. The number of aryl methyl sites for hydroxylation is 1. The molecule has 1 aliphatic rings. The van der Waals surface area contributed by atoms with Gasteiger partial charge in [-0.2, -0.15) is 0 Å². The third-order valence-corrected chi connectivity index (χ3v) is 4.31. The number of benzene rings is 1. The molecule has 0 aliphatic heterocycles. The molecule has 1 aromatic carbocycles. The maximum absolute atomic E-state index is 6.10. The third kappa shape index (κ3) is 3.86. The van der Waals surface area contributed by atoms with Gasteiger partial charge in [-0.1, -0.05) is 54.0 Å². The normalized spacial score (nSPS) is 16.5. The van der Waals surface area contributed by atoms with Crippen LogP contribution in [0.1, 0.15) is 44.7 Å². The van der Waals surface area contributed by atoms with E-state index < -0.39 is 0 Å². The molecule has 0 spiro atoms. The van der Waals surface area contributed by atoms with Crippen molar-refractivity contribution in [2.75, 3.05) is 0 Å². The molecular weight excluding hydrogens is 264 g/mol. The van der Waals surface area contributed by atoms with Gasteiger partial charge in [0.05, 0.1) is 0 Å². The molecule has 0 amide bonds. The van der Waals surface area contributed by atoms with E-state index in [4.69, 9.17) is 11.6 Å². The molecule has 1 aromatic rings. The lowest BCUT2D eigenvalue weighted by Crippen LogP contribution is -1.91. The highest BCUT2D eigenvalue weighted by atomic mass is 35.5. The minimum Gasteiger partial charge on any atom is -0.0843 e. The average Bonchev–Trinajstić information content (AvgIpc) is 2.58. The van der Waals surface area contributed by atoms with Crippen LogP contribution < -0.4 is 0 Å². The molecule has 2 rings (SSSR count). The zero-order chi connectivity index (χ0) is 14.5. The standard InChI is InChI=1S/C19H23Cl/c1-4-14(2)6-5-7-16-8-9-18-13-19(20)11-10-17(18)12-15(16)3/h5-7,10-11,13H,4,8-9,12H2,1-3H3/b7-5-,14-6+. The summed E-state index contributed by atoms with van der Waals surface area (Å²) < 4.78 is 0. The summed E-state index contributed by atoms with van der Waals surface area (Å²) in [6.07, 6.45) is 11.0. The summed E-state index contributed by atoms with van der Waals surface area (Å²) in [5.74, 6) is 0. The van der Waals surface area contributed by atoms with E-state index in [0.717, 1.165) is 30.7 Å². The summed E-state index contributed by atoms with van der Waals surface area (Å²) in [4.78, 5) is 0. The molecular formula is C19H23Cl. The van der Waals surface area contributed by atoms with Crippen molar-refractivity contribution in [1.82, 2.24) is 0 Å². The second-order valence-corrected chi connectivity index (χ2v) is 6.06. The first-order valence-electron chi connectivity index (χ1n) is 7.40. The van der Waals surface area contributed by atoms with Crippen molar-refractivity contribution in [2.24, 2.45) is 0 Å². The molecule has 0 bridgehead atoms. The van der Waals surface area contributed by atoms with E-state index in [0.29, 0.717) is 0 Å². The fourth-order valence-electron chi connectivity index (χ4n) is 2.55. The Morgan fingerprint density at radius 3 is 2.80 bits per heavy atom. The highest BCUT2D eigenvalue weighted by molar-refractivity contribution is 6.30. The molecule has 0 radical (unpaired) electrons. The monoisotopic (exact) mass is 286 g/mol. The van der Waals surface area contributed by atoms with Crippen LogP contribution in [0.4, 0.5) is 0 Å². The first kappa shape index (κ1) is 15.1. The minimum absolute atomic E-state index is 0.849. The summed E-state index contributed by atoms with van der Waals surface area (Å²) in [7, 11) is 0. The molecule has 20 heavy (non-hydrogen) atoms. The SMILES string of the molecule is CC/C(C)=C/C=C\C1=C(C)Cc2ccc(Cl)cc2CC1. The quantitative estimate of drug-likeness (QED) is 0.593. The Bertz CT molecular complexity index is 573. The topological polar surface area (TPSA) is 0 Å². The highest BCUT2D eigenvalue weighted by Crippen LogP contribution is 2.27. The molecule has 0 N–H and O–H groups in total. The summed E-state index contributed by atoms with van der Waals surface area (Å²) in [6.45, 7) is 6.62. The average molecular weight is 287 g/mol. The van der Waals surface area contributed by atoms with Gasteiger partial charge in [0.25, 0.3) is 0 Å². The smallest absolute Gasteiger partial charge is 0.0408 e. The maximum Gasteiger partial charge on any atom is 0.0408 e. The van der Waals surface area contributed by atoms with Gasteiger partial charge in [-0.3, -0.25) is 0 Å². The molecule has 0 heterocycles. The Balaban J connectivity index is 2.18. The van der Waals surface area contributed by atoms with Crippen molar-refractivity contribution in [3.05, 3.63) is 69.3 Å². The van der Waals surface area contributed by atoms with E-state index in [1.165, 1.54) is 27.8 Å². The predicted molar refractivity (Wildman–Crippen MR) is 89.4 cm³/mol. The molecule has 0 saturated carbocycles. The van der Waals surface area contributed by atoms with Crippen molar-refractivity contribution in [2.45, 2.75) is 46.5 Å². The van der Waals surface area contributed by atoms with Crippen LogP contribution in [0.5, 0.6) is 0 Å². The van der Waals surface area contributed by atoms with E-state index in [1.54, 1.807) is 0 Å². The van der Waals surface area contributed by atoms with Crippen LogP contribution in [0.15, 0.2) is 53.1 Å². The van der Waals surface area contributed by atoms with Crippen LogP contribution in [0.25, 0.3) is 0 Å². The number of fused-ring (bicyclic) bond motifs is 1. The van der Waals surface area contributed by atoms with E-state index in [-0.39, 0.29) is 0 Å². The van der Waals surface area contributed by atoms with Gasteiger partial charge >= 0.3 is 0 Å². The van der Waals surface area contributed by atoms with Gasteiger partial charge in [0.15, 0.2) is 0 Å². The summed E-state index contributed by atoms with van der Waals surface area (Å²) in [6, 6.07) is 6.30. The van der Waals surface area contributed by atoms with Crippen LogP contribution in [-0.2, 0) is 12.8 Å². The van der Waals surface area contributed by atoms with Gasteiger partial charge in [-0.15, -0.1) is 0 Å². The van der Waals surface area contributed by atoms with Crippen LogP contribution in [-0.4, -0.2) is 0 Å². The Morgan fingerprint density at radius 2 is 2.05 bits per heavy atom. The fourth-order valence-corrected chi connectivity index (χ4v) is 2.75. The zero-order valence-corrected chi connectivity index (χ0v) is 13.4. The number of hydrogen-bond acceptors (Lipinski definition) is 0. The van der Waals surface area contributed by atoms with Crippen molar-refractivity contribution < 1.29 is 0 Å². The summed E-state index contributed by atoms with van der Waals surface area (Å²) >= 11 is 6.10. The summed E-state index contributed by atoms with van der Waals surface area (Å²) in [5, 5.41) is 0.849. The molecule has 1 heteroatoms. The number of halogens is 1. The first-order valence-corrected chi connectivity index (χ1v) is 7.77. The first-order chi connectivity index (χ1) is 9.60. The van der Waals surface area contributed by atoms with E-state index in [9.17, 15) is 0 Å². The molecule has 1 aliphatic carbocycles. The van der Waals surface area contributed by atoms with Gasteiger partial charge < -0.3 is 0 Å². The summed E-state index contributed by atoms with van der Waals surface area (Å²) in [5.41, 5.74) is 7.20. The molecule has 0 atom stereocenters. The molecule has 0 nitrogen and oxygen atoms in total. The third-order valence-electron chi connectivity index (χ3n) is 4.07. The lowest BCUT2D eigenvalue weighted by atomic mass is 10.0. The fraction of sp³-hybridized carbons (Fsp3) is 0.368. The minimum atomic E-state index is 0.849. The van der Waals surface area contributed by atoms with Gasteiger partial charge in [-0.05, 0) is 68.4 Å². The zero-order valence-electron chi connectivity index (χ0n) is 12.7. The lowest BCUT2D eigenvalue weighted by Gasteiger charge is -2.05. The Morgan fingerprint density at radius 1 is 1.25 bits per heavy atom. The number of hydrogen-bond donors (Lipinski definition) is 0. The second-order valence-electron chi connectivity index (χ2n) is 5.62. The molecule has 106 valence electrons. The van der Waals surface area contributed by atoms with E-state index >= 15 is 0 Å².